The molecular formula is C28H30O3. The summed E-state index contributed by atoms with van der Waals surface area (Å²) in [4.78, 5) is 12.1. The van der Waals surface area contributed by atoms with Crippen molar-refractivity contribution in [2.45, 2.75) is 46.6 Å². The lowest BCUT2D eigenvalue weighted by atomic mass is 9.91. The molecule has 3 rings (SSSR count). The van der Waals surface area contributed by atoms with E-state index < -0.39 is 0 Å². The normalized spacial score (nSPS) is 11.3. The summed E-state index contributed by atoms with van der Waals surface area (Å²) < 4.78 is 5.31. The molecule has 31 heavy (non-hydrogen) atoms. The predicted molar refractivity (Wildman–Crippen MR) is 126 cm³/mol. The van der Waals surface area contributed by atoms with Crippen molar-refractivity contribution in [3.05, 3.63) is 106 Å². The SMILES string of the molecule is Cc1cc(/C=C/C(=O)OCc2ccccc2)cc(C)c1Cc1ccc(O)c(C(C)C)c1. The molecule has 0 saturated carbocycles. The summed E-state index contributed by atoms with van der Waals surface area (Å²) >= 11 is 0. The second-order valence-electron chi connectivity index (χ2n) is 8.28. The Bertz CT molecular complexity index is 1060. The van der Waals surface area contributed by atoms with Gasteiger partial charge in [0.2, 0.25) is 0 Å². The van der Waals surface area contributed by atoms with Crippen molar-refractivity contribution in [2.75, 3.05) is 0 Å². The van der Waals surface area contributed by atoms with Crippen LogP contribution in [0.1, 0.15) is 58.7 Å². The summed E-state index contributed by atoms with van der Waals surface area (Å²) in [6.45, 7) is 8.63. The van der Waals surface area contributed by atoms with Gasteiger partial charge >= 0.3 is 5.97 Å². The minimum Gasteiger partial charge on any atom is -0.508 e. The smallest absolute Gasteiger partial charge is 0.331 e. The second kappa shape index (κ2) is 10.1. The average molecular weight is 415 g/mol. The average Bonchev–Trinajstić information content (AvgIpc) is 2.75. The summed E-state index contributed by atoms with van der Waals surface area (Å²) in [5.74, 6) is 0.275. The Morgan fingerprint density at radius 2 is 1.65 bits per heavy atom. The van der Waals surface area contributed by atoms with Crippen molar-refractivity contribution in [3.8, 4) is 5.75 Å². The molecule has 0 heterocycles. The highest BCUT2D eigenvalue weighted by molar-refractivity contribution is 5.87. The Morgan fingerprint density at radius 1 is 0.968 bits per heavy atom. The van der Waals surface area contributed by atoms with Crippen molar-refractivity contribution >= 4 is 12.0 Å². The fourth-order valence-corrected chi connectivity index (χ4v) is 3.72. The van der Waals surface area contributed by atoms with Gasteiger partial charge in [0, 0.05) is 6.08 Å². The fraction of sp³-hybridized carbons (Fsp3) is 0.250. The Hall–Kier alpha value is -3.33. The number of ether oxygens (including phenoxy) is 1. The van der Waals surface area contributed by atoms with Gasteiger partial charge in [-0.25, -0.2) is 4.79 Å². The van der Waals surface area contributed by atoms with Crippen LogP contribution in [0.5, 0.6) is 5.75 Å². The Balaban J connectivity index is 1.69. The number of hydrogen-bond donors (Lipinski definition) is 1. The molecule has 0 atom stereocenters. The number of carbonyl (C=O) groups excluding carboxylic acids is 1. The molecular weight excluding hydrogens is 384 g/mol. The quantitative estimate of drug-likeness (QED) is 0.355. The van der Waals surface area contributed by atoms with E-state index in [1.807, 2.05) is 36.4 Å². The van der Waals surface area contributed by atoms with Crippen molar-refractivity contribution in [1.82, 2.24) is 0 Å². The first-order valence-electron chi connectivity index (χ1n) is 10.6. The zero-order valence-corrected chi connectivity index (χ0v) is 18.7. The van der Waals surface area contributed by atoms with Crippen LogP contribution in [0.4, 0.5) is 0 Å². The van der Waals surface area contributed by atoms with Crippen molar-refractivity contribution in [2.24, 2.45) is 0 Å². The molecule has 0 aliphatic carbocycles. The lowest BCUT2D eigenvalue weighted by molar-refractivity contribution is -0.138. The van der Waals surface area contributed by atoms with Crippen LogP contribution in [0.15, 0.2) is 66.7 Å². The monoisotopic (exact) mass is 414 g/mol. The molecule has 0 bridgehead atoms. The van der Waals surface area contributed by atoms with E-state index in [1.54, 1.807) is 12.1 Å². The summed E-state index contributed by atoms with van der Waals surface area (Å²) in [7, 11) is 0. The topological polar surface area (TPSA) is 46.5 Å². The van der Waals surface area contributed by atoms with Crippen molar-refractivity contribution in [1.29, 1.82) is 0 Å². The first-order chi connectivity index (χ1) is 14.8. The van der Waals surface area contributed by atoms with E-state index in [9.17, 15) is 9.90 Å². The van der Waals surface area contributed by atoms with Crippen LogP contribution in [0.2, 0.25) is 0 Å². The molecule has 1 N–H and O–H groups in total. The van der Waals surface area contributed by atoms with E-state index in [2.05, 4.69) is 45.9 Å². The molecule has 0 amide bonds. The first-order valence-corrected chi connectivity index (χ1v) is 10.6. The maximum atomic E-state index is 12.1. The van der Waals surface area contributed by atoms with E-state index in [0.717, 1.165) is 23.1 Å². The fourth-order valence-electron chi connectivity index (χ4n) is 3.72. The maximum Gasteiger partial charge on any atom is 0.331 e. The van der Waals surface area contributed by atoms with Gasteiger partial charge in [-0.3, -0.25) is 0 Å². The summed E-state index contributed by atoms with van der Waals surface area (Å²) in [6, 6.07) is 19.7. The third-order valence-corrected chi connectivity index (χ3v) is 5.45. The maximum absolute atomic E-state index is 12.1. The van der Waals surface area contributed by atoms with Crippen LogP contribution >= 0.6 is 0 Å². The van der Waals surface area contributed by atoms with Gasteiger partial charge in [0.25, 0.3) is 0 Å². The van der Waals surface area contributed by atoms with Gasteiger partial charge in [-0.05, 0) is 77.3 Å². The first kappa shape index (κ1) is 22.4. The highest BCUT2D eigenvalue weighted by Gasteiger charge is 2.10. The lowest BCUT2D eigenvalue weighted by Gasteiger charge is -2.14. The van der Waals surface area contributed by atoms with Gasteiger partial charge in [0.15, 0.2) is 0 Å². The van der Waals surface area contributed by atoms with Gasteiger partial charge in [-0.15, -0.1) is 0 Å². The zero-order chi connectivity index (χ0) is 22.4. The van der Waals surface area contributed by atoms with Crippen LogP contribution < -0.4 is 0 Å². The third kappa shape index (κ3) is 6.08. The number of carbonyl (C=O) groups is 1. The summed E-state index contributed by atoms with van der Waals surface area (Å²) in [6.07, 6.45) is 4.08. The molecule has 3 heteroatoms. The molecule has 3 aromatic rings. The Labute approximate surface area is 185 Å². The Morgan fingerprint density at radius 3 is 2.29 bits per heavy atom. The summed E-state index contributed by atoms with van der Waals surface area (Å²) in [5, 5.41) is 10.1. The highest BCUT2D eigenvalue weighted by atomic mass is 16.5. The molecule has 0 fully saturated rings. The number of phenols is 1. The third-order valence-electron chi connectivity index (χ3n) is 5.45. The van der Waals surface area contributed by atoms with E-state index in [1.165, 1.54) is 28.3 Å². The highest BCUT2D eigenvalue weighted by Crippen LogP contribution is 2.28. The largest absolute Gasteiger partial charge is 0.508 e. The summed E-state index contributed by atoms with van der Waals surface area (Å²) in [5.41, 5.74) is 7.72. The molecule has 3 nitrogen and oxygen atoms in total. The van der Waals surface area contributed by atoms with Crippen LogP contribution in [0, 0.1) is 13.8 Å². The number of rotatable bonds is 7. The van der Waals surface area contributed by atoms with Gasteiger partial charge < -0.3 is 9.84 Å². The number of benzene rings is 3. The molecule has 0 radical (unpaired) electrons. The van der Waals surface area contributed by atoms with Gasteiger partial charge in [-0.1, -0.05) is 68.4 Å². The molecule has 0 aromatic heterocycles. The second-order valence-corrected chi connectivity index (χ2v) is 8.28. The van der Waals surface area contributed by atoms with Crippen LogP contribution in [-0.2, 0) is 22.6 Å². The zero-order valence-electron chi connectivity index (χ0n) is 18.7. The predicted octanol–water partition coefficient (Wildman–Crippen LogP) is 6.48. The number of aromatic hydroxyl groups is 1. The standard InChI is InChI=1S/C28H30O3/c1-19(2)25-16-24(10-12-27(25)29)17-26-20(3)14-23(15-21(26)4)11-13-28(30)31-18-22-8-6-5-7-9-22/h5-16,19,29H,17-18H2,1-4H3/b13-11+. The minimum atomic E-state index is -0.353. The van der Waals surface area contributed by atoms with E-state index in [4.69, 9.17) is 4.74 Å². The molecule has 0 aliphatic rings. The van der Waals surface area contributed by atoms with Crippen LogP contribution in [0.3, 0.4) is 0 Å². The van der Waals surface area contributed by atoms with Gasteiger partial charge in [0.1, 0.15) is 12.4 Å². The Kier molecular flexibility index (Phi) is 7.30. The van der Waals surface area contributed by atoms with E-state index in [0.29, 0.717) is 5.75 Å². The van der Waals surface area contributed by atoms with E-state index >= 15 is 0 Å². The number of hydrogen-bond acceptors (Lipinski definition) is 3. The molecule has 0 saturated heterocycles. The van der Waals surface area contributed by atoms with Crippen molar-refractivity contribution in [3.63, 3.8) is 0 Å². The van der Waals surface area contributed by atoms with Crippen molar-refractivity contribution < 1.29 is 14.6 Å². The molecule has 0 unspecified atom stereocenters. The number of aryl methyl sites for hydroxylation is 2. The number of esters is 1. The molecule has 160 valence electrons. The van der Waals surface area contributed by atoms with Gasteiger partial charge in [-0.2, -0.15) is 0 Å². The number of phenolic OH excluding ortho intramolecular Hbond substituents is 1. The van der Waals surface area contributed by atoms with Crippen LogP contribution in [-0.4, -0.2) is 11.1 Å². The molecule has 0 spiro atoms. The van der Waals surface area contributed by atoms with E-state index in [-0.39, 0.29) is 18.5 Å². The molecule has 3 aromatic carbocycles. The van der Waals surface area contributed by atoms with Crippen LogP contribution in [0.25, 0.3) is 6.08 Å². The minimum absolute atomic E-state index is 0.270. The molecule has 0 aliphatic heterocycles. The lowest BCUT2D eigenvalue weighted by Crippen LogP contribution is -2.01. The van der Waals surface area contributed by atoms with Gasteiger partial charge in [0.05, 0.1) is 0 Å².